The van der Waals surface area contributed by atoms with Crippen LogP contribution in [0.2, 0.25) is 0 Å². The first-order valence-corrected chi connectivity index (χ1v) is 26.1. The Morgan fingerprint density at radius 3 is 2.03 bits per heavy atom. The molecule has 0 heterocycles. The molecule has 12 atom stereocenters. The van der Waals surface area contributed by atoms with Crippen LogP contribution in [-0.4, -0.2) is 59.1 Å². The minimum Gasteiger partial charge on any atom is -0.461 e. The molecular weight excluding hydrogens is 826 g/mol. The van der Waals surface area contributed by atoms with E-state index in [1.807, 2.05) is 91.0 Å². The van der Waals surface area contributed by atoms with Crippen LogP contribution in [0.5, 0.6) is 0 Å². The number of ether oxygens (including phenoxy) is 2. The van der Waals surface area contributed by atoms with Gasteiger partial charge in [0.05, 0.1) is 24.7 Å². The van der Waals surface area contributed by atoms with Crippen molar-refractivity contribution in [1.29, 1.82) is 0 Å². The van der Waals surface area contributed by atoms with Gasteiger partial charge in [-0.15, -0.1) is 0 Å². The first-order chi connectivity index (χ1) is 30.8. The fourth-order valence-electron chi connectivity index (χ4n) is 12.7. The lowest BCUT2D eigenvalue weighted by Crippen LogP contribution is -2.58. The number of aliphatic hydroxyl groups excluding tert-OH is 2. The van der Waals surface area contributed by atoms with Crippen LogP contribution in [-0.2, 0) is 52.8 Å². The maximum Gasteiger partial charge on any atom is 0.309 e. The molecule has 6 unspecified atom stereocenters. The highest BCUT2D eigenvalue weighted by Gasteiger charge is 2.63. The lowest BCUT2D eigenvalue weighted by molar-refractivity contribution is -0.174. The minimum atomic E-state index is -3.65. The molecule has 3 aromatic carbocycles. The molecule has 4 aliphatic rings. The summed E-state index contributed by atoms with van der Waals surface area (Å²) in [5.74, 6) is 0.551. The number of fused-ring (bicyclic) bond motifs is 5. The Balaban J connectivity index is 0.958. The quantitative estimate of drug-likeness (QED) is 0.0745. The molecule has 0 radical (unpaired) electrons. The topological polar surface area (TPSA) is 148 Å². The molecule has 0 aliphatic heterocycles. The summed E-state index contributed by atoms with van der Waals surface area (Å²) in [4.78, 5) is 40.2. The summed E-state index contributed by atoms with van der Waals surface area (Å²) in [6, 6.07) is 28.0. The van der Waals surface area contributed by atoms with Crippen LogP contribution in [0.4, 0.5) is 0 Å². The number of amides is 1. The van der Waals surface area contributed by atoms with E-state index in [1.165, 1.54) is 12.8 Å². The van der Waals surface area contributed by atoms with Gasteiger partial charge in [-0.25, -0.2) is 0 Å². The van der Waals surface area contributed by atoms with E-state index in [9.17, 15) is 29.2 Å². The van der Waals surface area contributed by atoms with Gasteiger partial charge in [-0.2, -0.15) is 0 Å². The Morgan fingerprint density at radius 1 is 0.750 bits per heavy atom. The van der Waals surface area contributed by atoms with Gasteiger partial charge < -0.3 is 29.5 Å². The molecule has 3 N–H and O–H groups in total. The lowest BCUT2D eigenvalue weighted by atomic mass is 9.43. The van der Waals surface area contributed by atoms with Crippen molar-refractivity contribution in [2.24, 2.45) is 52.3 Å². The van der Waals surface area contributed by atoms with Crippen molar-refractivity contribution in [3.8, 4) is 0 Å². The summed E-state index contributed by atoms with van der Waals surface area (Å²) in [5, 5.41) is 25.6. The highest BCUT2D eigenvalue weighted by atomic mass is 31.2. The second-order valence-electron chi connectivity index (χ2n) is 20.2. The Labute approximate surface area is 381 Å². The van der Waals surface area contributed by atoms with E-state index in [-0.39, 0.29) is 80.4 Å². The Kier molecular flexibility index (Phi) is 16.3. The van der Waals surface area contributed by atoms with E-state index >= 15 is 0 Å². The fraction of sp³-hybridized carbons (Fsp3) is 0.604. The van der Waals surface area contributed by atoms with Gasteiger partial charge >= 0.3 is 11.9 Å². The zero-order valence-corrected chi connectivity index (χ0v) is 39.2. The number of nitrogens with one attached hydrogen (secondary N) is 1. The minimum absolute atomic E-state index is 0.0248. The Hall–Kier alpha value is -3.82. The van der Waals surface area contributed by atoms with Crippen molar-refractivity contribution in [2.75, 3.05) is 18.9 Å². The largest absolute Gasteiger partial charge is 0.461 e. The van der Waals surface area contributed by atoms with Crippen LogP contribution in [0, 0.1) is 52.3 Å². The third-order valence-corrected chi connectivity index (χ3v) is 18.9. The second-order valence-corrected chi connectivity index (χ2v) is 22.9. The smallest absolute Gasteiger partial charge is 0.309 e. The van der Waals surface area contributed by atoms with Crippen molar-refractivity contribution in [3.05, 3.63) is 108 Å². The van der Waals surface area contributed by atoms with Gasteiger partial charge in [-0.3, -0.25) is 18.9 Å². The Bertz CT molecular complexity index is 2030. The highest BCUT2D eigenvalue weighted by Crippen LogP contribution is 2.68. The molecule has 4 aliphatic carbocycles. The standard InChI is InChI=1S/C53H72NO9P/c1-37(45-22-23-46-44-21-20-42-31-43(55)25-28-52(42,2)47(44)32-48(56)53(45,46)3)26-29-54-49(57)27-30-64(60,63-35-40-17-11-6-12-18-40)36-41(51(59)62-34-39-15-9-5-10-16-39)19-24-50(58)61-33-38-13-7-4-8-14-38/h4-18,37,41-48,55-56H,19-36H2,1-3H3,(H,54,57)/t37-,41?,42?,43-,44?,45-,46?,47?,48+,52+,53-,64?/m1/s1. The first-order valence-electron chi connectivity index (χ1n) is 24.1. The first kappa shape index (κ1) is 48.1. The number of hydrogen-bond acceptors (Lipinski definition) is 9. The summed E-state index contributed by atoms with van der Waals surface area (Å²) in [6.45, 7) is 7.70. The molecule has 7 rings (SSSR count). The van der Waals surface area contributed by atoms with Crippen LogP contribution in [0.1, 0.15) is 115 Å². The number of benzene rings is 3. The monoisotopic (exact) mass is 897 g/mol. The molecule has 3 aromatic rings. The molecule has 64 heavy (non-hydrogen) atoms. The lowest BCUT2D eigenvalue weighted by Gasteiger charge is -2.62. The van der Waals surface area contributed by atoms with Crippen molar-refractivity contribution in [3.63, 3.8) is 0 Å². The Morgan fingerprint density at radius 2 is 1.38 bits per heavy atom. The number of carbonyl (C=O) groups is 3. The van der Waals surface area contributed by atoms with Crippen molar-refractivity contribution in [2.45, 2.75) is 130 Å². The number of carbonyl (C=O) groups excluding carboxylic acids is 3. The van der Waals surface area contributed by atoms with Gasteiger partial charge in [0.25, 0.3) is 0 Å². The van der Waals surface area contributed by atoms with E-state index in [2.05, 4.69) is 26.1 Å². The van der Waals surface area contributed by atoms with Gasteiger partial charge in [0.2, 0.25) is 13.3 Å². The SMILES string of the molecule is C[C@H](CCNC(=O)CCP(=O)(CC(CCC(=O)OCc1ccccc1)C(=O)OCc1ccccc1)OCc1ccccc1)[C@H]1CCC2C3CCC4C[C@H](O)CC[C@]4(C)C3C[C@H](O)[C@@]21C. The third-order valence-electron chi connectivity index (χ3n) is 16.4. The summed E-state index contributed by atoms with van der Waals surface area (Å²) in [5.41, 5.74) is 2.49. The van der Waals surface area contributed by atoms with Crippen molar-refractivity contribution < 1.29 is 43.2 Å². The van der Waals surface area contributed by atoms with Crippen molar-refractivity contribution >= 4 is 25.2 Å². The fourth-order valence-corrected chi connectivity index (χ4v) is 15.1. The van der Waals surface area contributed by atoms with Gasteiger partial charge in [-0.05, 0) is 127 Å². The van der Waals surface area contributed by atoms with E-state index in [0.717, 1.165) is 61.6 Å². The molecule has 11 heteroatoms. The van der Waals surface area contributed by atoms with E-state index < -0.39 is 25.2 Å². The van der Waals surface area contributed by atoms with Crippen LogP contribution in [0.25, 0.3) is 0 Å². The van der Waals surface area contributed by atoms with Crippen LogP contribution in [0.3, 0.4) is 0 Å². The molecule has 10 nitrogen and oxygen atoms in total. The zero-order valence-electron chi connectivity index (χ0n) is 38.3. The zero-order chi connectivity index (χ0) is 45.3. The second kappa shape index (κ2) is 21.7. The molecule has 348 valence electrons. The van der Waals surface area contributed by atoms with Gasteiger partial charge in [-0.1, -0.05) is 112 Å². The predicted octanol–water partition coefficient (Wildman–Crippen LogP) is 9.89. The van der Waals surface area contributed by atoms with E-state index in [0.29, 0.717) is 42.1 Å². The third kappa shape index (κ3) is 11.6. The van der Waals surface area contributed by atoms with Crippen LogP contribution >= 0.6 is 7.37 Å². The van der Waals surface area contributed by atoms with Crippen LogP contribution in [0.15, 0.2) is 91.0 Å². The molecule has 0 spiro atoms. The highest BCUT2D eigenvalue weighted by molar-refractivity contribution is 7.59. The number of rotatable bonds is 20. The van der Waals surface area contributed by atoms with Gasteiger partial charge in [0.15, 0.2) is 0 Å². The molecule has 4 fully saturated rings. The predicted molar refractivity (Wildman–Crippen MR) is 248 cm³/mol. The average Bonchev–Trinajstić information content (AvgIpc) is 3.67. The molecule has 0 aromatic heterocycles. The number of esters is 2. The summed E-state index contributed by atoms with van der Waals surface area (Å²) < 4.78 is 32.3. The normalized spacial score (nSPS) is 30.4. The maximum absolute atomic E-state index is 14.8. The maximum atomic E-state index is 14.8. The van der Waals surface area contributed by atoms with Crippen LogP contribution < -0.4 is 5.32 Å². The van der Waals surface area contributed by atoms with Gasteiger partial charge in [0, 0.05) is 31.7 Å². The summed E-state index contributed by atoms with van der Waals surface area (Å²) in [7, 11) is -3.65. The summed E-state index contributed by atoms with van der Waals surface area (Å²) >= 11 is 0. The number of aliphatic hydroxyl groups is 2. The van der Waals surface area contributed by atoms with E-state index in [1.54, 1.807) is 0 Å². The number of hydrogen-bond donors (Lipinski definition) is 3. The van der Waals surface area contributed by atoms with E-state index in [4.69, 9.17) is 14.0 Å². The molecule has 1 amide bonds. The average molecular weight is 898 g/mol. The molecule has 0 saturated heterocycles. The van der Waals surface area contributed by atoms with Gasteiger partial charge in [0.1, 0.15) is 13.2 Å². The molecular formula is C53H72NO9P. The molecule has 0 bridgehead atoms. The molecule has 4 saturated carbocycles. The summed E-state index contributed by atoms with van der Waals surface area (Å²) in [6.07, 6.45) is 8.14. The van der Waals surface area contributed by atoms with Crippen molar-refractivity contribution in [1.82, 2.24) is 5.32 Å².